The molecule has 1 aromatic heterocycles. The number of halogens is 1. The van der Waals surface area contributed by atoms with E-state index in [2.05, 4.69) is 5.32 Å². The van der Waals surface area contributed by atoms with E-state index in [0.29, 0.717) is 29.4 Å². The number of likely N-dealkylation sites (tertiary alicyclic amines) is 1. The topological polar surface area (TPSA) is 71.5 Å². The van der Waals surface area contributed by atoms with Crippen molar-refractivity contribution in [3.8, 4) is 0 Å². The fourth-order valence-corrected chi connectivity index (χ4v) is 3.15. The minimum atomic E-state index is -0.163. The van der Waals surface area contributed by atoms with E-state index >= 15 is 0 Å². The average Bonchev–Trinajstić information content (AvgIpc) is 3.04. The van der Waals surface area contributed by atoms with Gasteiger partial charge < -0.3 is 20.4 Å². The Morgan fingerprint density at radius 1 is 1.55 bits per heavy atom. The van der Waals surface area contributed by atoms with Crippen LogP contribution in [0.5, 0.6) is 0 Å². The number of hydrogen-bond donors (Lipinski definition) is 2. The highest BCUT2D eigenvalue weighted by Gasteiger charge is 2.24. The van der Waals surface area contributed by atoms with Gasteiger partial charge in [-0.2, -0.15) is 0 Å². The first-order valence-corrected chi connectivity index (χ1v) is 7.90. The minimum absolute atomic E-state index is 0.0580. The number of nitrogens with two attached hydrogens (primary N) is 1. The van der Waals surface area contributed by atoms with Crippen LogP contribution in [0.25, 0.3) is 11.0 Å². The van der Waals surface area contributed by atoms with Crippen LogP contribution in [-0.4, -0.2) is 30.1 Å². The fraction of sp³-hybridized carbons (Fsp3) is 0.438. The predicted octanol–water partition coefficient (Wildman–Crippen LogP) is 3.52. The zero-order valence-corrected chi connectivity index (χ0v) is 13.5. The van der Waals surface area contributed by atoms with E-state index in [9.17, 15) is 4.79 Å². The van der Waals surface area contributed by atoms with Crippen molar-refractivity contribution in [1.29, 1.82) is 0 Å². The summed E-state index contributed by atoms with van der Waals surface area (Å²) >= 11 is 6.19. The number of carbonyl (C=O) groups excluding carboxylic acids is 1. The molecular formula is C16H20ClN3O2. The van der Waals surface area contributed by atoms with Crippen molar-refractivity contribution in [2.75, 3.05) is 18.4 Å². The molecule has 2 heterocycles. The van der Waals surface area contributed by atoms with Crippen molar-refractivity contribution in [2.45, 2.75) is 32.7 Å². The molecule has 0 radical (unpaired) electrons. The molecule has 0 aliphatic carbocycles. The Morgan fingerprint density at radius 3 is 2.95 bits per heavy atom. The molecule has 0 bridgehead atoms. The van der Waals surface area contributed by atoms with Gasteiger partial charge in [0.25, 0.3) is 0 Å². The first kappa shape index (κ1) is 15.2. The molecule has 1 aliphatic heterocycles. The molecule has 2 amide bonds. The van der Waals surface area contributed by atoms with E-state index in [4.69, 9.17) is 21.8 Å². The van der Waals surface area contributed by atoms with Gasteiger partial charge in [0.2, 0.25) is 0 Å². The van der Waals surface area contributed by atoms with Crippen molar-refractivity contribution in [1.82, 2.24) is 4.90 Å². The number of carbonyl (C=O) groups is 1. The molecular weight excluding hydrogens is 302 g/mol. The maximum Gasteiger partial charge on any atom is 0.322 e. The SMILES string of the molecule is CCc1oc2c(NC(=O)N3CC[C@H](N)C3)cc(Cl)cc2c1C. The molecule has 0 saturated carbocycles. The lowest BCUT2D eigenvalue weighted by molar-refractivity contribution is 0.222. The monoisotopic (exact) mass is 321 g/mol. The van der Waals surface area contributed by atoms with E-state index in [1.54, 1.807) is 11.0 Å². The summed E-state index contributed by atoms with van der Waals surface area (Å²) in [5.41, 5.74) is 8.20. The second kappa shape index (κ2) is 5.82. The third kappa shape index (κ3) is 2.66. The van der Waals surface area contributed by atoms with Crippen molar-refractivity contribution in [3.05, 3.63) is 28.5 Å². The first-order chi connectivity index (χ1) is 10.5. The number of nitrogens with zero attached hydrogens (tertiary/aromatic N) is 1. The van der Waals surface area contributed by atoms with Crippen molar-refractivity contribution >= 4 is 34.3 Å². The number of hydrogen-bond acceptors (Lipinski definition) is 3. The van der Waals surface area contributed by atoms with Gasteiger partial charge in [-0.15, -0.1) is 0 Å². The summed E-state index contributed by atoms with van der Waals surface area (Å²) in [7, 11) is 0. The lowest BCUT2D eigenvalue weighted by atomic mass is 10.1. The summed E-state index contributed by atoms with van der Waals surface area (Å²) in [6.07, 6.45) is 1.63. The highest BCUT2D eigenvalue weighted by Crippen LogP contribution is 2.34. The number of furan rings is 1. The van der Waals surface area contributed by atoms with Gasteiger partial charge in [0.05, 0.1) is 5.69 Å². The summed E-state index contributed by atoms with van der Waals surface area (Å²) in [6.45, 7) is 5.29. The largest absolute Gasteiger partial charge is 0.459 e. The Morgan fingerprint density at radius 2 is 2.32 bits per heavy atom. The standard InChI is InChI=1S/C16H20ClN3O2/c1-3-14-9(2)12-6-10(17)7-13(15(12)22-14)19-16(21)20-5-4-11(18)8-20/h6-7,11H,3-5,8,18H2,1-2H3,(H,19,21)/t11-/m0/s1. The van der Waals surface area contributed by atoms with Crippen molar-refractivity contribution < 1.29 is 9.21 Å². The highest BCUT2D eigenvalue weighted by atomic mass is 35.5. The molecule has 5 nitrogen and oxygen atoms in total. The number of benzene rings is 1. The maximum absolute atomic E-state index is 12.4. The average molecular weight is 322 g/mol. The van der Waals surface area contributed by atoms with Crippen LogP contribution in [0.3, 0.4) is 0 Å². The number of aryl methyl sites for hydroxylation is 2. The highest BCUT2D eigenvalue weighted by molar-refractivity contribution is 6.32. The molecule has 3 rings (SSSR count). The molecule has 1 atom stereocenters. The Hall–Kier alpha value is -1.72. The van der Waals surface area contributed by atoms with Gasteiger partial charge in [0, 0.05) is 36.0 Å². The summed E-state index contributed by atoms with van der Waals surface area (Å²) in [5.74, 6) is 0.913. The number of urea groups is 1. The molecule has 22 heavy (non-hydrogen) atoms. The molecule has 118 valence electrons. The van der Waals surface area contributed by atoms with Crippen molar-refractivity contribution in [2.24, 2.45) is 5.73 Å². The Balaban J connectivity index is 1.94. The van der Waals surface area contributed by atoms with Gasteiger partial charge in [0.1, 0.15) is 5.76 Å². The lowest BCUT2D eigenvalue weighted by Gasteiger charge is -2.17. The third-order valence-corrected chi connectivity index (χ3v) is 4.39. The van der Waals surface area contributed by atoms with Gasteiger partial charge in [-0.05, 0) is 31.0 Å². The first-order valence-electron chi connectivity index (χ1n) is 7.52. The van der Waals surface area contributed by atoms with E-state index in [-0.39, 0.29) is 12.1 Å². The predicted molar refractivity (Wildman–Crippen MR) is 88.5 cm³/mol. The van der Waals surface area contributed by atoms with E-state index in [1.165, 1.54) is 0 Å². The van der Waals surface area contributed by atoms with E-state index < -0.39 is 0 Å². The molecule has 0 unspecified atom stereocenters. The summed E-state index contributed by atoms with van der Waals surface area (Å²) < 4.78 is 5.90. The van der Waals surface area contributed by atoms with E-state index in [0.717, 1.165) is 29.6 Å². The number of fused-ring (bicyclic) bond motifs is 1. The molecule has 1 aromatic carbocycles. The van der Waals surface area contributed by atoms with Crippen LogP contribution < -0.4 is 11.1 Å². The number of amides is 2. The summed E-state index contributed by atoms with van der Waals surface area (Å²) in [4.78, 5) is 14.1. The fourth-order valence-electron chi connectivity index (χ4n) is 2.93. The van der Waals surface area contributed by atoms with Gasteiger partial charge in [-0.3, -0.25) is 0 Å². The molecule has 1 fully saturated rings. The normalized spacial score (nSPS) is 18.2. The second-order valence-corrected chi connectivity index (χ2v) is 6.20. The second-order valence-electron chi connectivity index (χ2n) is 5.76. The van der Waals surface area contributed by atoms with Gasteiger partial charge >= 0.3 is 6.03 Å². The zero-order chi connectivity index (χ0) is 15.9. The number of rotatable bonds is 2. The minimum Gasteiger partial charge on any atom is -0.459 e. The smallest absolute Gasteiger partial charge is 0.322 e. The molecule has 1 saturated heterocycles. The Bertz CT molecular complexity index is 726. The molecule has 1 aliphatic rings. The third-order valence-electron chi connectivity index (χ3n) is 4.18. The van der Waals surface area contributed by atoms with Crippen LogP contribution in [0.4, 0.5) is 10.5 Å². The van der Waals surface area contributed by atoms with Gasteiger partial charge in [0.15, 0.2) is 5.58 Å². The Kier molecular flexibility index (Phi) is 4.02. The maximum atomic E-state index is 12.4. The lowest BCUT2D eigenvalue weighted by Crippen LogP contribution is -2.35. The molecule has 0 spiro atoms. The summed E-state index contributed by atoms with van der Waals surface area (Å²) in [5, 5.41) is 4.42. The van der Waals surface area contributed by atoms with Gasteiger partial charge in [-0.1, -0.05) is 18.5 Å². The molecule has 3 N–H and O–H groups in total. The van der Waals surface area contributed by atoms with Crippen LogP contribution >= 0.6 is 11.6 Å². The number of nitrogens with one attached hydrogen (secondary N) is 1. The van der Waals surface area contributed by atoms with E-state index in [1.807, 2.05) is 19.9 Å². The van der Waals surface area contributed by atoms with Crippen LogP contribution in [0.1, 0.15) is 24.7 Å². The van der Waals surface area contributed by atoms with Crippen LogP contribution in [0.2, 0.25) is 5.02 Å². The van der Waals surface area contributed by atoms with Crippen molar-refractivity contribution in [3.63, 3.8) is 0 Å². The molecule has 6 heteroatoms. The number of anilines is 1. The Labute approximate surface area is 134 Å². The quantitative estimate of drug-likeness (QED) is 0.889. The van der Waals surface area contributed by atoms with Crippen LogP contribution in [-0.2, 0) is 6.42 Å². The van der Waals surface area contributed by atoms with Crippen LogP contribution in [0, 0.1) is 6.92 Å². The molecule has 2 aromatic rings. The van der Waals surface area contributed by atoms with Crippen LogP contribution in [0.15, 0.2) is 16.5 Å². The summed E-state index contributed by atoms with van der Waals surface area (Å²) in [6, 6.07) is 3.49. The zero-order valence-electron chi connectivity index (χ0n) is 12.8. The van der Waals surface area contributed by atoms with Gasteiger partial charge in [-0.25, -0.2) is 4.79 Å².